The molecule has 1 fully saturated rings. The van der Waals surface area contributed by atoms with Crippen LogP contribution in [0.1, 0.15) is 72.1 Å². The molecule has 5 nitrogen and oxygen atoms in total. The second-order valence-corrected chi connectivity index (χ2v) is 8.47. The third kappa shape index (κ3) is 4.32. The van der Waals surface area contributed by atoms with Gasteiger partial charge in [0.2, 0.25) is 0 Å². The highest BCUT2D eigenvalue weighted by atomic mass is 19.4. The molecule has 1 amide bonds. The second kappa shape index (κ2) is 8.32. The van der Waals surface area contributed by atoms with Crippen LogP contribution in [0.25, 0.3) is 0 Å². The predicted molar refractivity (Wildman–Crippen MR) is 108 cm³/mol. The second-order valence-electron chi connectivity index (χ2n) is 8.47. The first-order chi connectivity index (χ1) is 14.3. The standard InChI is InChI=1S/C22H27F3N4O/c1-14-7-9-16(10-8-14)18-11-19(22(23,24)25)29-20(28-18)17(13-27-29)21(30)26-12-15-5-3-2-4-6-15/h7-10,13,15,18-19,28H,2-6,11-12H2,1H3,(H,26,30). The number of carbonyl (C=O) groups is 1. The van der Waals surface area contributed by atoms with E-state index >= 15 is 0 Å². The number of aromatic nitrogens is 2. The van der Waals surface area contributed by atoms with Crippen LogP contribution in [0.15, 0.2) is 30.5 Å². The molecular formula is C22H27F3N4O. The number of nitrogens with zero attached hydrogens (tertiary/aromatic N) is 2. The number of carbonyl (C=O) groups excluding carboxylic acids is 1. The number of aryl methyl sites for hydroxylation is 1. The Balaban J connectivity index is 1.57. The molecule has 0 saturated heterocycles. The molecule has 1 aromatic heterocycles. The van der Waals surface area contributed by atoms with Gasteiger partial charge in [-0.25, -0.2) is 4.68 Å². The molecule has 2 N–H and O–H groups in total. The lowest BCUT2D eigenvalue weighted by Crippen LogP contribution is -2.37. The summed E-state index contributed by atoms with van der Waals surface area (Å²) in [5.41, 5.74) is 1.96. The van der Waals surface area contributed by atoms with E-state index in [2.05, 4.69) is 15.7 Å². The van der Waals surface area contributed by atoms with Gasteiger partial charge in [-0.3, -0.25) is 4.79 Å². The van der Waals surface area contributed by atoms with Crippen molar-refractivity contribution in [2.45, 2.75) is 63.7 Å². The number of nitrogens with one attached hydrogen (secondary N) is 2. The molecule has 8 heteroatoms. The summed E-state index contributed by atoms with van der Waals surface area (Å²) >= 11 is 0. The van der Waals surface area contributed by atoms with E-state index in [0.29, 0.717) is 12.5 Å². The van der Waals surface area contributed by atoms with E-state index in [4.69, 9.17) is 0 Å². The van der Waals surface area contributed by atoms with Crippen molar-refractivity contribution in [1.29, 1.82) is 0 Å². The molecule has 30 heavy (non-hydrogen) atoms. The number of rotatable bonds is 4. The van der Waals surface area contributed by atoms with E-state index in [-0.39, 0.29) is 23.7 Å². The summed E-state index contributed by atoms with van der Waals surface area (Å²) < 4.78 is 42.3. The van der Waals surface area contributed by atoms with Crippen LogP contribution in [-0.4, -0.2) is 28.4 Å². The van der Waals surface area contributed by atoms with E-state index in [1.807, 2.05) is 31.2 Å². The van der Waals surface area contributed by atoms with Gasteiger partial charge in [-0.05, 0) is 31.2 Å². The molecule has 2 unspecified atom stereocenters. The van der Waals surface area contributed by atoms with E-state index in [9.17, 15) is 18.0 Å². The summed E-state index contributed by atoms with van der Waals surface area (Å²) in [4.78, 5) is 12.8. The maximum atomic E-state index is 13.8. The molecule has 1 saturated carbocycles. The van der Waals surface area contributed by atoms with E-state index in [1.165, 1.54) is 12.6 Å². The summed E-state index contributed by atoms with van der Waals surface area (Å²) in [5.74, 6) is 0.195. The van der Waals surface area contributed by atoms with Gasteiger partial charge in [-0.15, -0.1) is 0 Å². The maximum Gasteiger partial charge on any atom is 0.410 e. The third-order valence-corrected chi connectivity index (χ3v) is 6.24. The van der Waals surface area contributed by atoms with E-state index < -0.39 is 18.3 Å². The number of alkyl halides is 3. The first-order valence-electron chi connectivity index (χ1n) is 10.6. The van der Waals surface area contributed by atoms with Crippen LogP contribution in [0.4, 0.5) is 19.0 Å². The Morgan fingerprint density at radius 2 is 1.90 bits per heavy atom. The highest BCUT2D eigenvalue weighted by molar-refractivity contribution is 5.98. The average Bonchev–Trinajstić information content (AvgIpc) is 3.16. The highest BCUT2D eigenvalue weighted by Gasteiger charge is 2.47. The van der Waals surface area contributed by atoms with Gasteiger partial charge in [0, 0.05) is 13.0 Å². The van der Waals surface area contributed by atoms with Crippen molar-refractivity contribution in [1.82, 2.24) is 15.1 Å². The van der Waals surface area contributed by atoms with Crippen molar-refractivity contribution < 1.29 is 18.0 Å². The van der Waals surface area contributed by atoms with Gasteiger partial charge in [0.05, 0.1) is 12.2 Å². The van der Waals surface area contributed by atoms with Crippen molar-refractivity contribution >= 4 is 11.7 Å². The lowest BCUT2D eigenvalue weighted by atomic mass is 9.89. The van der Waals surface area contributed by atoms with Crippen LogP contribution in [0, 0.1) is 12.8 Å². The topological polar surface area (TPSA) is 59.0 Å². The van der Waals surface area contributed by atoms with Crippen LogP contribution >= 0.6 is 0 Å². The average molecular weight is 420 g/mol. The van der Waals surface area contributed by atoms with Crippen molar-refractivity contribution in [2.24, 2.45) is 5.92 Å². The van der Waals surface area contributed by atoms with Gasteiger partial charge in [0.1, 0.15) is 11.4 Å². The normalized spacial score (nSPS) is 22.3. The molecule has 2 aliphatic rings. The largest absolute Gasteiger partial charge is 0.410 e. The molecule has 162 valence electrons. The van der Waals surface area contributed by atoms with Crippen molar-refractivity contribution in [3.8, 4) is 0 Å². The van der Waals surface area contributed by atoms with Gasteiger partial charge in [0.15, 0.2) is 6.04 Å². The summed E-state index contributed by atoms with van der Waals surface area (Å²) in [6.07, 6.45) is 2.32. The number of hydrogen-bond acceptors (Lipinski definition) is 3. The molecule has 0 bridgehead atoms. The van der Waals surface area contributed by atoms with E-state index in [0.717, 1.165) is 41.5 Å². The van der Waals surface area contributed by atoms with Crippen LogP contribution < -0.4 is 10.6 Å². The molecule has 0 radical (unpaired) electrons. The fraction of sp³-hybridized carbons (Fsp3) is 0.545. The third-order valence-electron chi connectivity index (χ3n) is 6.24. The number of amides is 1. The lowest BCUT2D eigenvalue weighted by Gasteiger charge is -2.34. The van der Waals surface area contributed by atoms with Crippen LogP contribution in [0.3, 0.4) is 0 Å². The summed E-state index contributed by atoms with van der Waals surface area (Å²) in [6.45, 7) is 2.48. The molecule has 0 spiro atoms. The van der Waals surface area contributed by atoms with Crippen molar-refractivity contribution in [3.05, 3.63) is 47.2 Å². The molecular weight excluding hydrogens is 393 g/mol. The first-order valence-corrected chi connectivity index (χ1v) is 10.6. The number of hydrogen-bond donors (Lipinski definition) is 2. The molecule has 2 aromatic rings. The quantitative estimate of drug-likeness (QED) is 0.718. The first kappa shape index (κ1) is 20.8. The number of halogens is 3. The van der Waals surface area contributed by atoms with Crippen LogP contribution in [-0.2, 0) is 0 Å². The van der Waals surface area contributed by atoms with E-state index in [1.54, 1.807) is 0 Å². The Labute approximate surface area is 174 Å². The number of anilines is 1. The zero-order chi connectivity index (χ0) is 21.3. The lowest BCUT2D eigenvalue weighted by molar-refractivity contribution is -0.173. The smallest absolute Gasteiger partial charge is 0.363 e. The molecule has 2 atom stereocenters. The Hall–Kier alpha value is -2.51. The molecule has 2 heterocycles. The summed E-state index contributed by atoms with van der Waals surface area (Å²) in [7, 11) is 0. The molecule has 1 aliphatic heterocycles. The maximum absolute atomic E-state index is 13.8. The monoisotopic (exact) mass is 420 g/mol. The van der Waals surface area contributed by atoms with Crippen LogP contribution in [0.2, 0.25) is 0 Å². The van der Waals surface area contributed by atoms with Gasteiger partial charge >= 0.3 is 6.18 Å². The van der Waals surface area contributed by atoms with Gasteiger partial charge < -0.3 is 10.6 Å². The van der Waals surface area contributed by atoms with Crippen LogP contribution in [0.5, 0.6) is 0 Å². The fourth-order valence-electron chi connectivity index (χ4n) is 4.47. The zero-order valence-corrected chi connectivity index (χ0v) is 17.0. The SMILES string of the molecule is Cc1ccc(C2CC(C(F)(F)F)n3ncc(C(=O)NCC4CCCCC4)c3N2)cc1. The minimum absolute atomic E-state index is 0.135. The zero-order valence-electron chi connectivity index (χ0n) is 17.0. The summed E-state index contributed by atoms with van der Waals surface area (Å²) in [5, 5.41) is 9.98. The number of benzene rings is 1. The number of fused-ring (bicyclic) bond motifs is 1. The molecule has 1 aliphatic carbocycles. The Morgan fingerprint density at radius 1 is 1.20 bits per heavy atom. The summed E-state index contributed by atoms with van der Waals surface area (Å²) in [6, 6.07) is 5.09. The highest BCUT2D eigenvalue weighted by Crippen LogP contribution is 2.44. The fourth-order valence-corrected chi connectivity index (χ4v) is 4.47. The predicted octanol–water partition coefficient (Wildman–Crippen LogP) is 5.16. The Morgan fingerprint density at radius 3 is 2.57 bits per heavy atom. The Kier molecular flexibility index (Phi) is 5.75. The van der Waals surface area contributed by atoms with Gasteiger partial charge in [0.25, 0.3) is 5.91 Å². The minimum atomic E-state index is -4.46. The molecule has 4 rings (SSSR count). The molecule has 1 aromatic carbocycles. The minimum Gasteiger partial charge on any atom is -0.363 e. The van der Waals surface area contributed by atoms with Gasteiger partial charge in [-0.1, -0.05) is 49.1 Å². The Bertz CT molecular complexity index is 885. The van der Waals surface area contributed by atoms with Crippen molar-refractivity contribution in [3.63, 3.8) is 0 Å². The van der Waals surface area contributed by atoms with Gasteiger partial charge in [-0.2, -0.15) is 18.3 Å². The van der Waals surface area contributed by atoms with Crippen molar-refractivity contribution in [2.75, 3.05) is 11.9 Å².